The minimum atomic E-state index is -0.696. The van der Waals surface area contributed by atoms with E-state index in [0.29, 0.717) is 12.5 Å². The fourth-order valence-electron chi connectivity index (χ4n) is 4.34. The molecular weight excluding hydrogens is 372 g/mol. The van der Waals surface area contributed by atoms with Gasteiger partial charge in [0.25, 0.3) is 5.91 Å². The molecule has 0 radical (unpaired) electrons. The molecule has 2 saturated carbocycles. The molecule has 29 heavy (non-hydrogen) atoms. The lowest BCUT2D eigenvalue weighted by Gasteiger charge is -2.39. The summed E-state index contributed by atoms with van der Waals surface area (Å²) in [6.45, 7) is 4.03. The number of nitriles is 1. The maximum atomic E-state index is 12.2. The van der Waals surface area contributed by atoms with Crippen molar-refractivity contribution in [2.45, 2.75) is 52.4 Å². The van der Waals surface area contributed by atoms with Gasteiger partial charge in [-0.3, -0.25) is 9.78 Å². The minimum absolute atomic E-state index is 0.0147. The van der Waals surface area contributed by atoms with Crippen molar-refractivity contribution in [3.63, 3.8) is 0 Å². The van der Waals surface area contributed by atoms with Crippen molar-refractivity contribution < 1.29 is 14.3 Å². The summed E-state index contributed by atoms with van der Waals surface area (Å²) in [5.74, 6) is 2.13. The van der Waals surface area contributed by atoms with Crippen molar-refractivity contribution >= 4 is 5.91 Å². The van der Waals surface area contributed by atoms with E-state index in [1.165, 1.54) is 44.6 Å². The van der Waals surface area contributed by atoms with Crippen molar-refractivity contribution in [2.24, 2.45) is 23.2 Å². The molecule has 2 aliphatic carbocycles. The number of amides is 1. The summed E-state index contributed by atoms with van der Waals surface area (Å²) in [6, 6.07) is 3.53. The van der Waals surface area contributed by atoms with Gasteiger partial charge in [0.1, 0.15) is 6.61 Å². The molecule has 0 saturated heterocycles. The predicted molar refractivity (Wildman–Crippen MR) is 106 cm³/mol. The molecule has 8 heteroatoms. The lowest BCUT2D eigenvalue weighted by molar-refractivity contribution is -0.123. The fourth-order valence-corrected chi connectivity index (χ4v) is 4.34. The highest BCUT2D eigenvalue weighted by Crippen LogP contribution is 2.42. The number of hydrogen-bond donors (Lipinski definition) is 2. The molecule has 2 N–H and O–H groups in total. The van der Waals surface area contributed by atoms with Crippen LogP contribution in [0.3, 0.4) is 0 Å². The molecule has 2 aliphatic rings. The van der Waals surface area contributed by atoms with Gasteiger partial charge in [-0.05, 0) is 50.9 Å². The van der Waals surface area contributed by atoms with Crippen molar-refractivity contribution in [1.29, 1.82) is 5.26 Å². The van der Waals surface area contributed by atoms with E-state index in [-0.39, 0.29) is 30.9 Å². The number of carbonyl (C=O) groups excluding carboxylic acids is 1. The summed E-state index contributed by atoms with van der Waals surface area (Å²) >= 11 is 0. The van der Waals surface area contributed by atoms with Crippen LogP contribution in [-0.2, 0) is 4.79 Å². The summed E-state index contributed by atoms with van der Waals surface area (Å²) in [6.07, 6.45) is 7.77. The standard InChI is InChI=1S/C21H30N4O4/c1-21(2,12-22)13-29-19-9-18(24-20(27)25-19)28-11-17(26)23-10-16-7-14-4-3-5-15(6-14)8-16/h9,14-16H,3-8,10-11,13H2,1-2H3,(H,23,26)(H,24,25,27). The number of ether oxygens (including phenoxy) is 2. The molecule has 0 aliphatic heterocycles. The molecule has 1 amide bonds. The van der Waals surface area contributed by atoms with Crippen LogP contribution in [0.25, 0.3) is 0 Å². The maximum absolute atomic E-state index is 12.2. The third-order valence-corrected chi connectivity index (χ3v) is 5.75. The summed E-state index contributed by atoms with van der Waals surface area (Å²) in [4.78, 5) is 30.0. The molecule has 0 spiro atoms. The summed E-state index contributed by atoms with van der Waals surface area (Å²) in [5, 5.41) is 12.0. The zero-order valence-electron chi connectivity index (χ0n) is 17.2. The second-order valence-corrected chi connectivity index (χ2v) is 9.00. The zero-order valence-corrected chi connectivity index (χ0v) is 17.2. The Morgan fingerprint density at radius 2 is 2.03 bits per heavy atom. The zero-order chi connectivity index (χ0) is 20.9. The first-order valence-corrected chi connectivity index (χ1v) is 10.4. The Morgan fingerprint density at radius 1 is 1.31 bits per heavy atom. The molecular formula is C21H30N4O4. The SMILES string of the molecule is CC(C)(C#N)COc1cc(OCC(=O)NCC2CC3CCCC(C3)C2)nc(=O)[nH]1. The van der Waals surface area contributed by atoms with Crippen molar-refractivity contribution in [3.05, 3.63) is 16.6 Å². The van der Waals surface area contributed by atoms with E-state index >= 15 is 0 Å². The average molecular weight is 402 g/mol. The molecule has 2 fully saturated rings. The monoisotopic (exact) mass is 402 g/mol. The Balaban J connectivity index is 1.45. The topological polar surface area (TPSA) is 117 Å². The molecule has 1 heterocycles. The van der Waals surface area contributed by atoms with Crippen LogP contribution in [0.5, 0.6) is 11.8 Å². The number of nitrogens with one attached hydrogen (secondary N) is 2. The van der Waals surface area contributed by atoms with Crippen LogP contribution in [0.2, 0.25) is 0 Å². The third-order valence-electron chi connectivity index (χ3n) is 5.75. The molecule has 158 valence electrons. The van der Waals surface area contributed by atoms with E-state index in [4.69, 9.17) is 14.7 Å². The first-order valence-electron chi connectivity index (χ1n) is 10.4. The van der Waals surface area contributed by atoms with Gasteiger partial charge in [-0.15, -0.1) is 0 Å². The minimum Gasteiger partial charge on any atom is -0.477 e. The number of carbonyl (C=O) groups is 1. The number of fused-ring (bicyclic) bond motifs is 2. The van der Waals surface area contributed by atoms with E-state index in [0.717, 1.165) is 11.8 Å². The lowest BCUT2D eigenvalue weighted by Crippen LogP contribution is -2.37. The molecule has 0 aromatic carbocycles. The Labute approximate surface area is 171 Å². The van der Waals surface area contributed by atoms with Crippen molar-refractivity contribution in [1.82, 2.24) is 15.3 Å². The highest BCUT2D eigenvalue weighted by Gasteiger charge is 2.31. The summed E-state index contributed by atoms with van der Waals surface area (Å²) in [5.41, 5.74) is -1.33. The number of aromatic nitrogens is 2. The largest absolute Gasteiger partial charge is 0.477 e. The van der Waals surface area contributed by atoms with Gasteiger partial charge >= 0.3 is 5.69 Å². The van der Waals surface area contributed by atoms with E-state index in [9.17, 15) is 9.59 Å². The molecule has 1 aromatic rings. The Morgan fingerprint density at radius 3 is 2.72 bits per heavy atom. The smallest absolute Gasteiger partial charge is 0.351 e. The third kappa shape index (κ3) is 6.48. The Kier molecular flexibility index (Phi) is 6.78. The van der Waals surface area contributed by atoms with Gasteiger partial charge in [0.15, 0.2) is 12.5 Å². The van der Waals surface area contributed by atoms with Crippen LogP contribution >= 0.6 is 0 Å². The summed E-state index contributed by atoms with van der Waals surface area (Å²) in [7, 11) is 0. The van der Waals surface area contributed by atoms with Crippen molar-refractivity contribution in [2.75, 3.05) is 19.8 Å². The second kappa shape index (κ2) is 9.29. The van der Waals surface area contributed by atoms with Gasteiger partial charge in [0.2, 0.25) is 5.88 Å². The molecule has 2 atom stereocenters. The van der Waals surface area contributed by atoms with Gasteiger partial charge < -0.3 is 14.8 Å². The fraction of sp³-hybridized carbons (Fsp3) is 0.714. The van der Waals surface area contributed by atoms with Gasteiger partial charge in [0, 0.05) is 6.54 Å². The maximum Gasteiger partial charge on any atom is 0.351 e. The number of hydrogen-bond acceptors (Lipinski definition) is 6. The quantitative estimate of drug-likeness (QED) is 0.690. The van der Waals surface area contributed by atoms with Gasteiger partial charge in [0.05, 0.1) is 17.6 Å². The van der Waals surface area contributed by atoms with Crippen LogP contribution in [-0.4, -0.2) is 35.6 Å². The molecule has 1 aromatic heterocycles. The van der Waals surface area contributed by atoms with Crippen LogP contribution < -0.4 is 20.5 Å². The van der Waals surface area contributed by atoms with Crippen LogP contribution in [0.15, 0.2) is 10.9 Å². The van der Waals surface area contributed by atoms with Crippen LogP contribution in [0.4, 0.5) is 0 Å². The van der Waals surface area contributed by atoms with E-state index in [2.05, 4.69) is 21.4 Å². The first-order chi connectivity index (χ1) is 13.8. The highest BCUT2D eigenvalue weighted by molar-refractivity contribution is 5.77. The number of rotatable bonds is 8. The normalized spacial score (nSPS) is 23.7. The van der Waals surface area contributed by atoms with Gasteiger partial charge in [-0.25, -0.2) is 4.79 Å². The summed E-state index contributed by atoms with van der Waals surface area (Å²) < 4.78 is 10.8. The van der Waals surface area contributed by atoms with E-state index < -0.39 is 11.1 Å². The number of nitrogens with zero attached hydrogens (tertiary/aromatic N) is 2. The molecule has 8 nitrogen and oxygen atoms in total. The molecule has 3 rings (SSSR count). The number of H-pyrrole nitrogens is 1. The van der Waals surface area contributed by atoms with Crippen molar-refractivity contribution in [3.8, 4) is 17.8 Å². The number of aromatic amines is 1. The van der Waals surface area contributed by atoms with E-state index in [1.807, 2.05) is 0 Å². The lowest BCUT2D eigenvalue weighted by atomic mass is 9.68. The predicted octanol–water partition coefficient (Wildman–Crippen LogP) is 2.41. The first kappa shape index (κ1) is 21.2. The highest BCUT2D eigenvalue weighted by atomic mass is 16.5. The molecule has 2 bridgehead atoms. The van der Waals surface area contributed by atoms with Crippen LogP contribution in [0.1, 0.15) is 52.4 Å². The average Bonchev–Trinajstić information content (AvgIpc) is 2.69. The van der Waals surface area contributed by atoms with E-state index in [1.54, 1.807) is 13.8 Å². The molecule has 2 unspecified atom stereocenters. The van der Waals surface area contributed by atoms with Gasteiger partial charge in [-0.1, -0.05) is 19.3 Å². The second-order valence-electron chi connectivity index (χ2n) is 9.00. The Hall–Kier alpha value is -2.56. The van der Waals surface area contributed by atoms with Gasteiger partial charge in [-0.2, -0.15) is 10.2 Å². The Bertz CT molecular complexity index is 802. The van der Waals surface area contributed by atoms with Crippen LogP contribution in [0, 0.1) is 34.5 Å².